The topological polar surface area (TPSA) is 91.2 Å². The second-order valence-corrected chi connectivity index (χ2v) is 6.30. The third kappa shape index (κ3) is 4.11. The third-order valence-electron chi connectivity index (χ3n) is 4.65. The fourth-order valence-electron chi connectivity index (χ4n) is 3.25. The normalized spacial score (nSPS) is 19.8. The first-order valence-corrected chi connectivity index (χ1v) is 8.54. The molecule has 2 aromatic heterocycles. The fraction of sp³-hybridized carbons (Fsp3) is 0.444. The molecule has 0 radical (unpaired) electrons. The number of amides is 1. The first-order valence-electron chi connectivity index (χ1n) is 8.54. The van der Waals surface area contributed by atoms with Crippen LogP contribution in [0.4, 0.5) is 5.95 Å². The van der Waals surface area contributed by atoms with Crippen molar-refractivity contribution >= 4 is 11.9 Å². The summed E-state index contributed by atoms with van der Waals surface area (Å²) in [5.41, 5.74) is 0.350. The highest BCUT2D eigenvalue weighted by atomic mass is 16.3. The van der Waals surface area contributed by atoms with E-state index in [1.807, 2.05) is 23.1 Å². The van der Waals surface area contributed by atoms with Gasteiger partial charge in [0.2, 0.25) is 11.9 Å². The van der Waals surface area contributed by atoms with Gasteiger partial charge in [-0.1, -0.05) is 6.07 Å². The molecule has 1 fully saturated rings. The van der Waals surface area contributed by atoms with Crippen LogP contribution in [0, 0.1) is 5.41 Å². The number of carbonyl (C=O) groups is 1. The molecule has 0 bridgehead atoms. The maximum atomic E-state index is 12.8. The van der Waals surface area contributed by atoms with Gasteiger partial charge in [-0.25, -0.2) is 9.97 Å². The van der Waals surface area contributed by atoms with Gasteiger partial charge in [-0.2, -0.15) is 0 Å². The first-order chi connectivity index (χ1) is 12.2. The van der Waals surface area contributed by atoms with Gasteiger partial charge in [-0.15, -0.1) is 0 Å². The molecular formula is C18H23N5O2. The summed E-state index contributed by atoms with van der Waals surface area (Å²) in [7, 11) is 0. The van der Waals surface area contributed by atoms with Crippen LogP contribution in [0.1, 0.15) is 18.5 Å². The summed E-state index contributed by atoms with van der Waals surface area (Å²) in [6.07, 6.45) is 6.95. The van der Waals surface area contributed by atoms with Crippen LogP contribution in [0.5, 0.6) is 0 Å². The number of hydrogen-bond donors (Lipinski definition) is 2. The maximum absolute atomic E-state index is 12.8. The van der Waals surface area contributed by atoms with Crippen LogP contribution >= 0.6 is 0 Å². The molecule has 0 spiro atoms. The zero-order chi connectivity index (χ0) is 17.5. The number of nitrogens with zero attached hydrogens (tertiary/aromatic N) is 4. The lowest BCUT2D eigenvalue weighted by Crippen LogP contribution is -2.44. The van der Waals surface area contributed by atoms with Crippen LogP contribution in [0.25, 0.3) is 0 Å². The Morgan fingerprint density at radius 2 is 2.00 bits per heavy atom. The minimum absolute atomic E-state index is 0.0167. The second-order valence-electron chi connectivity index (χ2n) is 6.30. The highest BCUT2D eigenvalue weighted by Crippen LogP contribution is 2.35. The van der Waals surface area contributed by atoms with E-state index in [9.17, 15) is 9.90 Å². The van der Waals surface area contributed by atoms with Crippen molar-refractivity contribution in [3.8, 4) is 0 Å². The number of aromatic nitrogens is 3. The smallest absolute Gasteiger partial charge is 0.228 e. The summed E-state index contributed by atoms with van der Waals surface area (Å²) in [6.45, 7) is 1.74. The Kier molecular flexibility index (Phi) is 5.55. The molecule has 1 amide bonds. The van der Waals surface area contributed by atoms with Crippen molar-refractivity contribution in [2.45, 2.75) is 19.3 Å². The van der Waals surface area contributed by atoms with E-state index in [0.717, 1.165) is 5.69 Å². The average Bonchev–Trinajstić information content (AvgIpc) is 3.09. The standard InChI is InChI=1S/C18H23N5O2/c24-13-7-18(6-12-23(14-18)17-21-9-3-10-22-17)16(25)20-11-5-15-4-1-2-8-19-15/h1-4,8-10,24H,5-7,11-14H2,(H,20,25). The Labute approximate surface area is 147 Å². The summed E-state index contributed by atoms with van der Waals surface area (Å²) in [6, 6.07) is 7.52. The predicted octanol–water partition coefficient (Wildman–Crippen LogP) is 0.809. The zero-order valence-corrected chi connectivity index (χ0v) is 14.1. The molecule has 1 aliphatic rings. The molecular weight excluding hydrogens is 318 g/mol. The SMILES string of the molecule is O=C(NCCc1ccccn1)C1(CCO)CCN(c2ncccn2)C1. The van der Waals surface area contributed by atoms with Crippen LogP contribution in [0.2, 0.25) is 0 Å². The molecule has 1 aliphatic heterocycles. The van der Waals surface area contributed by atoms with Gasteiger partial charge in [0.25, 0.3) is 0 Å². The van der Waals surface area contributed by atoms with Gasteiger partial charge in [0, 0.05) is 56.9 Å². The Morgan fingerprint density at radius 3 is 2.72 bits per heavy atom. The zero-order valence-electron chi connectivity index (χ0n) is 14.1. The quantitative estimate of drug-likeness (QED) is 0.774. The van der Waals surface area contributed by atoms with Gasteiger partial charge >= 0.3 is 0 Å². The van der Waals surface area contributed by atoms with Crippen LogP contribution in [0.3, 0.4) is 0 Å². The van der Waals surface area contributed by atoms with Crippen molar-refractivity contribution in [2.24, 2.45) is 5.41 Å². The second kappa shape index (κ2) is 8.02. The number of pyridine rings is 1. The molecule has 3 heterocycles. The van der Waals surface area contributed by atoms with Crippen molar-refractivity contribution in [3.05, 3.63) is 48.5 Å². The van der Waals surface area contributed by atoms with E-state index < -0.39 is 5.41 Å². The molecule has 7 nitrogen and oxygen atoms in total. The number of hydrogen-bond acceptors (Lipinski definition) is 6. The molecule has 0 aliphatic carbocycles. The van der Waals surface area contributed by atoms with Crippen LogP contribution in [0.15, 0.2) is 42.9 Å². The number of aliphatic hydroxyl groups excluding tert-OH is 1. The highest BCUT2D eigenvalue weighted by Gasteiger charge is 2.44. The summed E-state index contributed by atoms with van der Waals surface area (Å²) in [4.78, 5) is 27.6. The molecule has 2 aromatic rings. The predicted molar refractivity (Wildman–Crippen MR) is 93.9 cm³/mol. The van der Waals surface area contributed by atoms with Crippen molar-refractivity contribution in [3.63, 3.8) is 0 Å². The van der Waals surface area contributed by atoms with Gasteiger partial charge in [0.1, 0.15) is 0 Å². The highest BCUT2D eigenvalue weighted by molar-refractivity contribution is 5.84. The average molecular weight is 341 g/mol. The van der Waals surface area contributed by atoms with E-state index in [-0.39, 0.29) is 12.5 Å². The molecule has 2 N–H and O–H groups in total. The lowest BCUT2D eigenvalue weighted by atomic mass is 9.82. The molecule has 1 saturated heterocycles. The van der Waals surface area contributed by atoms with Crippen molar-refractivity contribution in [1.29, 1.82) is 0 Å². The molecule has 1 unspecified atom stereocenters. The number of carbonyl (C=O) groups excluding carboxylic acids is 1. The van der Waals surface area contributed by atoms with E-state index in [1.54, 1.807) is 24.7 Å². The number of nitrogens with one attached hydrogen (secondary N) is 1. The molecule has 132 valence electrons. The van der Waals surface area contributed by atoms with Crippen LogP contribution in [-0.4, -0.2) is 52.2 Å². The summed E-state index contributed by atoms with van der Waals surface area (Å²) in [5.74, 6) is 0.611. The molecule has 7 heteroatoms. The molecule has 3 rings (SSSR count). The van der Waals surface area contributed by atoms with E-state index in [0.29, 0.717) is 44.8 Å². The Balaban J connectivity index is 1.61. The van der Waals surface area contributed by atoms with Gasteiger partial charge in [-0.3, -0.25) is 9.78 Å². The van der Waals surface area contributed by atoms with E-state index in [4.69, 9.17) is 0 Å². The minimum atomic E-state index is -0.599. The summed E-state index contributed by atoms with van der Waals surface area (Å²) in [5, 5.41) is 12.5. The van der Waals surface area contributed by atoms with Crippen LogP contribution < -0.4 is 10.2 Å². The van der Waals surface area contributed by atoms with Gasteiger partial charge in [0.15, 0.2) is 0 Å². The van der Waals surface area contributed by atoms with E-state index in [1.165, 1.54) is 0 Å². The molecule has 0 saturated carbocycles. The number of rotatable bonds is 7. The largest absolute Gasteiger partial charge is 0.396 e. The molecule has 1 atom stereocenters. The fourth-order valence-corrected chi connectivity index (χ4v) is 3.25. The van der Waals surface area contributed by atoms with Gasteiger partial charge in [-0.05, 0) is 31.0 Å². The minimum Gasteiger partial charge on any atom is -0.396 e. The van der Waals surface area contributed by atoms with Crippen LogP contribution in [-0.2, 0) is 11.2 Å². The first kappa shape index (κ1) is 17.3. The van der Waals surface area contributed by atoms with E-state index >= 15 is 0 Å². The Morgan fingerprint density at radius 1 is 1.20 bits per heavy atom. The lowest BCUT2D eigenvalue weighted by Gasteiger charge is -2.27. The van der Waals surface area contributed by atoms with Crippen molar-refractivity contribution < 1.29 is 9.90 Å². The maximum Gasteiger partial charge on any atom is 0.228 e. The summed E-state index contributed by atoms with van der Waals surface area (Å²) < 4.78 is 0. The molecule has 0 aromatic carbocycles. The van der Waals surface area contributed by atoms with Crippen molar-refractivity contribution in [1.82, 2.24) is 20.3 Å². The monoisotopic (exact) mass is 341 g/mol. The summed E-state index contributed by atoms with van der Waals surface area (Å²) >= 11 is 0. The lowest BCUT2D eigenvalue weighted by molar-refractivity contribution is -0.130. The molecule has 25 heavy (non-hydrogen) atoms. The van der Waals surface area contributed by atoms with Crippen molar-refractivity contribution in [2.75, 3.05) is 31.1 Å². The van der Waals surface area contributed by atoms with E-state index in [2.05, 4.69) is 20.3 Å². The number of aliphatic hydroxyl groups is 1. The number of anilines is 1. The Hall–Kier alpha value is -2.54. The third-order valence-corrected chi connectivity index (χ3v) is 4.65. The van der Waals surface area contributed by atoms with Gasteiger partial charge < -0.3 is 15.3 Å². The van der Waals surface area contributed by atoms with Gasteiger partial charge in [0.05, 0.1) is 5.41 Å². The Bertz CT molecular complexity index is 682.